The number of amides is 1. The van der Waals surface area contributed by atoms with Crippen molar-refractivity contribution in [2.75, 3.05) is 27.2 Å². The first-order valence-corrected chi connectivity index (χ1v) is 9.65. The van der Waals surface area contributed by atoms with Crippen molar-refractivity contribution >= 4 is 47.2 Å². The van der Waals surface area contributed by atoms with E-state index in [0.29, 0.717) is 30.5 Å². The largest absolute Gasteiger partial charge is 0.435 e. The van der Waals surface area contributed by atoms with E-state index < -0.39 is 6.61 Å². The van der Waals surface area contributed by atoms with Crippen molar-refractivity contribution in [1.29, 1.82) is 0 Å². The fraction of sp³-hybridized carbons (Fsp3) is 0.368. The molecule has 0 bridgehead atoms. The molecule has 0 fully saturated rings. The molecule has 2 N–H and O–H groups in total. The number of aliphatic imine (C=N–C) groups is 1. The Bertz CT molecular complexity index is 758. The van der Waals surface area contributed by atoms with Gasteiger partial charge in [0.1, 0.15) is 5.75 Å². The molecular formula is C19H25F2IN4O2S. The Balaban J connectivity index is 0.00000420. The lowest BCUT2D eigenvalue weighted by Crippen LogP contribution is -2.39. The first kappa shape index (κ1) is 25.1. The summed E-state index contributed by atoms with van der Waals surface area (Å²) in [5.74, 6) is 0.779. The normalized spacial score (nSPS) is 11.0. The average molecular weight is 538 g/mol. The minimum Gasteiger partial charge on any atom is -0.435 e. The fourth-order valence-electron chi connectivity index (χ4n) is 2.50. The van der Waals surface area contributed by atoms with Gasteiger partial charge in [-0.1, -0.05) is 18.2 Å². The number of nitrogens with zero attached hydrogens (tertiary/aromatic N) is 2. The van der Waals surface area contributed by atoms with Crippen LogP contribution in [0, 0.1) is 0 Å². The van der Waals surface area contributed by atoms with E-state index in [-0.39, 0.29) is 35.6 Å². The van der Waals surface area contributed by atoms with Gasteiger partial charge in [-0.15, -0.1) is 35.3 Å². The number of carbonyl (C=O) groups excluding carboxylic acids is 1. The molecule has 29 heavy (non-hydrogen) atoms. The molecule has 2 aromatic rings. The van der Waals surface area contributed by atoms with Crippen LogP contribution in [0.1, 0.15) is 21.7 Å². The highest BCUT2D eigenvalue weighted by Crippen LogP contribution is 2.15. The number of hydrogen-bond donors (Lipinski definition) is 2. The van der Waals surface area contributed by atoms with E-state index in [1.807, 2.05) is 23.4 Å². The van der Waals surface area contributed by atoms with Gasteiger partial charge in [0.15, 0.2) is 5.96 Å². The molecule has 1 aromatic carbocycles. The van der Waals surface area contributed by atoms with E-state index in [0.717, 1.165) is 12.0 Å². The van der Waals surface area contributed by atoms with Crippen LogP contribution < -0.4 is 15.4 Å². The van der Waals surface area contributed by atoms with Gasteiger partial charge in [-0.3, -0.25) is 9.79 Å². The number of ether oxygens (including phenoxy) is 1. The zero-order valence-electron chi connectivity index (χ0n) is 16.2. The molecule has 10 heteroatoms. The quantitative estimate of drug-likeness (QED) is 0.221. The smallest absolute Gasteiger partial charge is 0.387 e. The number of hydrogen-bond acceptors (Lipinski definition) is 4. The third kappa shape index (κ3) is 8.94. The van der Waals surface area contributed by atoms with Crippen LogP contribution in [0.5, 0.6) is 5.75 Å². The second kappa shape index (κ2) is 13.3. The predicted molar refractivity (Wildman–Crippen MR) is 123 cm³/mol. The van der Waals surface area contributed by atoms with Gasteiger partial charge in [0.05, 0.1) is 4.88 Å². The highest BCUT2D eigenvalue weighted by atomic mass is 127. The van der Waals surface area contributed by atoms with Crippen molar-refractivity contribution in [3.8, 4) is 5.75 Å². The molecule has 1 aromatic heterocycles. The van der Waals surface area contributed by atoms with Crippen molar-refractivity contribution in [3.05, 3.63) is 52.2 Å². The predicted octanol–water partition coefficient (Wildman–Crippen LogP) is 3.79. The van der Waals surface area contributed by atoms with E-state index in [9.17, 15) is 13.6 Å². The van der Waals surface area contributed by atoms with E-state index in [4.69, 9.17) is 0 Å². The third-order valence-electron chi connectivity index (χ3n) is 3.81. The summed E-state index contributed by atoms with van der Waals surface area (Å²) >= 11 is 1.41. The van der Waals surface area contributed by atoms with Crippen molar-refractivity contribution in [3.63, 3.8) is 0 Å². The third-order valence-corrected chi connectivity index (χ3v) is 4.68. The summed E-state index contributed by atoms with van der Waals surface area (Å²) in [6.07, 6.45) is 0.754. The number of nitrogens with one attached hydrogen (secondary N) is 2. The zero-order chi connectivity index (χ0) is 20.4. The maximum Gasteiger partial charge on any atom is 0.387 e. The Morgan fingerprint density at radius 3 is 2.48 bits per heavy atom. The molecule has 0 spiro atoms. The van der Waals surface area contributed by atoms with Crippen LogP contribution in [-0.4, -0.2) is 50.6 Å². The summed E-state index contributed by atoms with van der Waals surface area (Å²) in [5, 5.41) is 7.99. The topological polar surface area (TPSA) is 66.0 Å². The molecule has 0 atom stereocenters. The summed E-state index contributed by atoms with van der Waals surface area (Å²) in [6, 6.07) is 10.1. The second-order valence-corrected chi connectivity index (χ2v) is 6.89. The standard InChI is InChI=1S/C19H24F2N4O2S.HI/c1-22-19(24-11-4-10-23-17(26)16-5-3-12-28-16)25(2)13-14-6-8-15(9-7-14)27-18(20)21;/h3,5-9,12,18H,4,10-11,13H2,1-2H3,(H,22,24)(H,23,26);1H. The Morgan fingerprint density at radius 2 is 1.90 bits per heavy atom. The maximum atomic E-state index is 12.2. The van der Waals surface area contributed by atoms with Crippen LogP contribution in [0.25, 0.3) is 0 Å². The van der Waals surface area contributed by atoms with E-state index >= 15 is 0 Å². The number of thiophene rings is 1. The molecule has 6 nitrogen and oxygen atoms in total. The molecule has 0 aliphatic heterocycles. The Labute approximate surface area is 190 Å². The van der Waals surface area contributed by atoms with Gasteiger partial charge in [0.25, 0.3) is 5.91 Å². The van der Waals surface area contributed by atoms with Crippen molar-refractivity contribution in [1.82, 2.24) is 15.5 Å². The van der Waals surface area contributed by atoms with Crippen LogP contribution >= 0.6 is 35.3 Å². The molecule has 0 aliphatic rings. The summed E-state index contributed by atoms with van der Waals surface area (Å²) < 4.78 is 28.7. The SMILES string of the molecule is CN=C(NCCCNC(=O)c1cccs1)N(C)Cc1ccc(OC(F)F)cc1.I. The van der Waals surface area contributed by atoms with Gasteiger partial charge in [-0.25, -0.2) is 0 Å². The average Bonchev–Trinajstić information content (AvgIpc) is 3.20. The first-order chi connectivity index (χ1) is 13.5. The second-order valence-electron chi connectivity index (χ2n) is 5.94. The molecule has 1 heterocycles. The van der Waals surface area contributed by atoms with Crippen LogP contribution in [0.15, 0.2) is 46.8 Å². The molecule has 0 radical (unpaired) electrons. The Morgan fingerprint density at radius 1 is 1.21 bits per heavy atom. The van der Waals surface area contributed by atoms with Gasteiger partial charge in [0, 0.05) is 33.7 Å². The summed E-state index contributed by atoms with van der Waals surface area (Å²) in [7, 11) is 3.58. The number of guanidine groups is 1. The van der Waals surface area contributed by atoms with Gasteiger partial charge in [-0.2, -0.15) is 8.78 Å². The van der Waals surface area contributed by atoms with Crippen LogP contribution in [-0.2, 0) is 6.54 Å². The molecule has 2 rings (SSSR count). The molecule has 0 unspecified atom stereocenters. The number of benzene rings is 1. The molecule has 0 aliphatic carbocycles. The van der Waals surface area contributed by atoms with E-state index in [1.54, 1.807) is 25.2 Å². The maximum absolute atomic E-state index is 12.2. The number of alkyl halides is 2. The highest BCUT2D eigenvalue weighted by Gasteiger charge is 2.09. The molecule has 0 saturated carbocycles. The summed E-state index contributed by atoms with van der Waals surface area (Å²) in [4.78, 5) is 18.7. The van der Waals surface area contributed by atoms with Crippen LogP contribution in [0.2, 0.25) is 0 Å². The zero-order valence-corrected chi connectivity index (χ0v) is 19.4. The number of rotatable bonds is 9. The number of halogens is 3. The monoisotopic (exact) mass is 538 g/mol. The lowest BCUT2D eigenvalue weighted by Gasteiger charge is -2.22. The molecule has 1 amide bonds. The molecular weight excluding hydrogens is 513 g/mol. The van der Waals surface area contributed by atoms with Gasteiger partial charge in [0.2, 0.25) is 0 Å². The van der Waals surface area contributed by atoms with E-state index in [1.165, 1.54) is 23.5 Å². The first-order valence-electron chi connectivity index (χ1n) is 8.77. The summed E-state index contributed by atoms with van der Waals surface area (Å²) in [5.41, 5.74) is 0.940. The fourth-order valence-corrected chi connectivity index (χ4v) is 3.14. The van der Waals surface area contributed by atoms with Crippen molar-refractivity contribution in [2.24, 2.45) is 4.99 Å². The van der Waals surface area contributed by atoms with E-state index in [2.05, 4.69) is 20.4 Å². The van der Waals surface area contributed by atoms with Gasteiger partial charge < -0.3 is 20.3 Å². The Hall–Kier alpha value is -1.95. The molecule has 0 saturated heterocycles. The molecule has 160 valence electrons. The van der Waals surface area contributed by atoms with Gasteiger partial charge in [-0.05, 0) is 35.6 Å². The number of carbonyl (C=O) groups is 1. The van der Waals surface area contributed by atoms with Crippen molar-refractivity contribution < 1.29 is 18.3 Å². The van der Waals surface area contributed by atoms with Crippen LogP contribution in [0.4, 0.5) is 8.78 Å². The minimum absolute atomic E-state index is 0. The lowest BCUT2D eigenvalue weighted by molar-refractivity contribution is -0.0498. The van der Waals surface area contributed by atoms with Crippen LogP contribution in [0.3, 0.4) is 0 Å². The highest BCUT2D eigenvalue weighted by molar-refractivity contribution is 14.0. The van der Waals surface area contributed by atoms with Crippen molar-refractivity contribution in [2.45, 2.75) is 19.6 Å². The minimum atomic E-state index is -2.83. The van der Waals surface area contributed by atoms with Gasteiger partial charge >= 0.3 is 6.61 Å². The lowest BCUT2D eigenvalue weighted by atomic mass is 10.2. The Kier molecular flexibility index (Phi) is 11.5. The summed E-state index contributed by atoms with van der Waals surface area (Å²) in [6.45, 7) is -1.05.